The first kappa shape index (κ1) is 13.4. The van der Waals surface area contributed by atoms with Crippen molar-refractivity contribution in [3.63, 3.8) is 0 Å². The highest BCUT2D eigenvalue weighted by molar-refractivity contribution is 6.30. The molecule has 2 aromatic rings. The minimum atomic E-state index is 0.508. The Kier molecular flexibility index (Phi) is 4.77. The number of pyridine rings is 1. The van der Waals surface area contributed by atoms with Gasteiger partial charge in [0.05, 0.1) is 12.2 Å². The monoisotopic (exact) mass is 272 g/mol. The van der Waals surface area contributed by atoms with E-state index in [4.69, 9.17) is 21.6 Å². The van der Waals surface area contributed by atoms with Gasteiger partial charge in [-0.2, -0.15) is 5.26 Å². The Morgan fingerprint density at radius 2 is 2.00 bits per heavy atom. The number of hydrogen-bond donors (Lipinski definition) is 0. The second kappa shape index (κ2) is 6.77. The summed E-state index contributed by atoms with van der Waals surface area (Å²) in [5.74, 6) is 0.546. The van der Waals surface area contributed by atoms with Gasteiger partial charge >= 0.3 is 0 Å². The largest absolute Gasteiger partial charge is 0.492 e. The first-order valence-corrected chi connectivity index (χ1v) is 6.39. The molecule has 19 heavy (non-hydrogen) atoms. The molecule has 0 amide bonds. The fourth-order valence-electron chi connectivity index (χ4n) is 1.72. The van der Waals surface area contributed by atoms with Gasteiger partial charge in [-0.15, -0.1) is 0 Å². The lowest BCUT2D eigenvalue weighted by Crippen LogP contribution is -2.01. The summed E-state index contributed by atoms with van der Waals surface area (Å²) in [4.78, 5) is 3.97. The molecule has 0 aliphatic heterocycles. The van der Waals surface area contributed by atoms with Crippen LogP contribution in [0.25, 0.3) is 0 Å². The zero-order valence-electron chi connectivity index (χ0n) is 10.3. The number of nitrogens with zero attached hydrogens (tertiary/aromatic N) is 2. The maximum Gasteiger partial charge on any atom is 0.138 e. The minimum absolute atomic E-state index is 0.508. The number of ether oxygens (including phenoxy) is 1. The van der Waals surface area contributed by atoms with E-state index in [1.54, 1.807) is 30.6 Å². The average Bonchev–Trinajstić information content (AvgIpc) is 2.45. The molecule has 0 bridgehead atoms. The topological polar surface area (TPSA) is 45.9 Å². The summed E-state index contributed by atoms with van der Waals surface area (Å²) in [6.07, 6.45) is 5.36. The Balaban J connectivity index is 1.86. The summed E-state index contributed by atoms with van der Waals surface area (Å²) in [6, 6.07) is 11.1. The molecule has 0 aliphatic rings. The zero-order valence-corrected chi connectivity index (χ0v) is 11.1. The van der Waals surface area contributed by atoms with E-state index in [2.05, 4.69) is 11.1 Å². The summed E-state index contributed by atoms with van der Waals surface area (Å²) in [6.45, 7) is 0.553. The molecule has 0 unspecified atom stereocenters. The van der Waals surface area contributed by atoms with Crippen molar-refractivity contribution in [2.45, 2.75) is 12.8 Å². The SMILES string of the molecule is N#Cc1ccc(Cl)cc1OCCCc1ccncc1. The van der Waals surface area contributed by atoms with E-state index in [-0.39, 0.29) is 0 Å². The number of halogens is 1. The van der Waals surface area contributed by atoms with Gasteiger partial charge in [0.1, 0.15) is 11.8 Å². The molecular formula is C15H13ClN2O. The molecular weight excluding hydrogens is 260 g/mol. The summed E-state index contributed by atoms with van der Waals surface area (Å²) >= 11 is 5.89. The van der Waals surface area contributed by atoms with Crippen LogP contribution in [0.15, 0.2) is 42.7 Å². The number of aryl methyl sites for hydroxylation is 1. The number of aromatic nitrogens is 1. The maximum absolute atomic E-state index is 8.96. The van der Waals surface area contributed by atoms with E-state index >= 15 is 0 Å². The molecule has 0 radical (unpaired) electrons. The van der Waals surface area contributed by atoms with Gasteiger partial charge < -0.3 is 4.74 Å². The Hall–Kier alpha value is -2.05. The van der Waals surface area contributed by atoms with E-state index in [0.717, 1.165) is 12.8 Å². The predicted molar refractivity (Wildman–Crippen MR) is 74.2 cm³/mol. The second-order valence-electron chi connectivity index (χ2n) is 4.06. The van der Waals surface area contributed by atoms with Crippen molar-refractivity contribution in [1.29, 1.82) is 5.26 Å². The molecule has 0 saturated carbocycles. The van der Waals surface area contributed by atoms with Gasteiger partial charge in [0.2, 0.25) is 0 Å². The fourth-order valence-corrected chi connectivity index (χ4v) is 1.88. The highest BCUT2D eigenvalue weighted by Gasteiger charge is 2.04. The van der Waals surface area contributed by atoms with E-state index in [0.29, 0.717) is 22.9 Å². The van der Waals surface area contributed by atoms with Crippen molar-refractivity contribution < 1.29 is 4.74 Å². The van der Waals surface area contributed by atoms with Crippen LogP contribution in [0.5, 0.6) is 5.75 Å². The van der Waals surface area contributed by atoms with Gasteiger partial charge in [-0.05, 0) is 42.7 Å². The van der Waals surface area contributed by atoms with Crippen LogP contribution in [0.3, 0.4) is 0 Å². The molecule has 0 spiro atoms. The molecule has 4 heteroatoms. The molecule has 0 fully saturated rings. The zero-order chi connectivity index (χ0) is 13.5. The van der Waals surface area contributed by atoms with E-state index in [1.165, 1.54) is 5.56 Å². The third-order valence-corrected chi connectivity index (χ3v) is 2.92. The highest BCUT2D eigenvalue weighted by atomic mass is 35.5. The molecule has 0 aliphatic carbocycles. The first-order valence-electron chi connectivity index (χ1n) is 6.01. The predicted octanol–water partition coefficient (Wildman–Crippen LogP) is 3.62. The van der Waals surface area contributed by atoms with Crippen molar-refractivity contribution in [2.75, 3.05) is 6.61 Å². The van der Waals surface area contributed by atoms with Gasteiger partial charge in [-0.25, -0.2) is 0 Å². The van der Waals surface area contributed by atoms with Crippen LogP contribution in [0.1, 0.15) is 17.5 Å². The van der Waals surface area contributed by atoms with Crippen molar-refractivity contribution >= 4 is 11.6 Å². The molecule has 1 heterocycles. The van der Waals surface area contributed by atoms with Gasteiger partial charge in [0.15, 0.2) is 0 Å². The summed E-state index contributed by atoms with van der Waals surface area (Å²) in [5.41, 5.74) is 1.73. The first-order chi connectivity index (χ1) is 9.29. The average molecular weight is 273 g/mol. The maximum atomic E-state index is 8.96. The lowest BCUT2D eigenvalue weighted by molar-refractivity contribution is 0.310. The number of nitriles is 1. The molecule has 0 saturated heterocycles. The fraction of sp³-hybridized carbons (Fsp3) is 0.200. The number of hydrogen-bond acceptors (Lipinski definition) is 3. The van der Waals surface area contributed by atoms with Gasteiger partial charge in [0, 0.05) is 23.5 Å². The Morgan fingerprint density at radius 3 is 2.74 bits per heavy atom. The third-order valence-electron chi connectivity index (χ3n) is 2.68. The highest BCUT2D eigenvalue weighted by Crippen LogP contribution is 2.22. The summed E-state index contributed by atoms with van der Waals surface area (Å²) in [7, 11) is 0. The quantitative estimate of drug-likeness (QED) is 0.781. The smallest absolute Gasteiger partial charge is 0.138 e. The molecule has 1 aromatic heterocycles. The van der Waals surface area contributed by atoms with Crippen LogP contribution in [-0.2, 0) is 6.42 Å². The van der Waals surface area contributed by atoms with Crippen LogP contribution in [0.4, 0.5) is 0 Å². The van der Waals surface area contributed by atoms with Crippen LogP contribution in [-0.4, -0.2) is 11.6 Å². The van der Waals surface area contributed by atoms with Crippen LogP contribution >= 0.6 is 11.6 Å². The van der Waals surface area contributed by atoms with Gasteiger partial charge in [-0.1, -0.05) is 11.6 Å². The van der Waals surface area contributed by atoms with Crippen LogP contribution < -0.4 is 4.74 Å². The van der Waals surface area contributed by atoms with Crippen LogP contribution in [0.2, 0.25) is 5.02 Å². The minimum Gasteiger partial charge on any atom is -0.492 e. The number of rotatable bonds is 5. The normalized spacial score (nSPS) is 9.89. The molecule has 2 rings (SSSR count). The van der Waals surface area contributed by atoms with Crippen molar-refractivity contribution in [3.05, 3.63) is 58.9 Å². The van der Waals surface area contributed by atoms with E-state index < -0.39 is 0 Å². The molecule has 3 nitrogen and oxygen atoms in total. The van der Waals surface area contributed by atoms with Crippen molar-refractivity contribution in [2.24, 2.45) is 0 Å². The second-order valence-corrected chi connectivity index (χ2v) is 4.50. The third kappa shape index (κ3) is 3.97. The van der Waals surface area contributed by atoms with Crippen molar-refractivity contribution in [1.82, 2.24) is 4.98 Å². The summed E-state index contributed by atoms with van der Waals surface area (Å²) in [5, 5.41) is 9.54. The number of benzene rings is 1. The summed E-state index contributed by atoms with van der Waals surface area (Å²) < 4.78 is 5.61. The van der Waals surface area contributed by atoms with E-state index in [1.807, 2.05) is 12.1 Å². The molecule has 96 valence electrons. The van der Waals surface area contributed by atoms with Crippen molar-refractivity contribution in [3.8, 4) is 11.8 Å². The molecule has 1 aromatic carbocycles. The lowest BCUT2D eigenvalue weighted by atomic mass is 10.1. The Labute approximate surface area is 117 Å². The van der Waals surface area contributed by atoms with Gasteiger partial charge in [-0.3, -0.25) is 4.98 Å². The molecule has 0 N–H and O–H groups in total. The van der Waals surface area contributed by atoms with Crippen LogP contribution in [0, 0.1) is 11.3 Å². The van der Waals surface area contributed by atoms with Gasteiger partial charge in [0.25, 0.3) is 0 Å². The Morgan fingerprint density at radius 1 is 1.21 bits per heavy atom. The lowest BCUT2D eigenvalue weighted by Gasteiger charge is -2.08. The molecule has 0 atom stereocenters. The van der Waals surface area contributed by atoms with E-state index in [9.17, 15) is 0 Å². The Bertz CT molecular complexity index is 578. The standard InChI is InChI=1S/C15H13ClN2O/c16-14-4-3-13(11-17)15(10-14)19-9-1-2-12-5-7-18-8-6-12/h3-8,10H,1-2,9H2.